The van der Waals surface area contributed by atoms with E-state index < -0.39 is 0 Å². The highest BCUT2D eigenvalue weighted by Gasteiger charge is 2.31. The lowest BCUT2D eigenvalue weighted by Gasteiger charge is -2.36. The minimum Gasteiger partial charge on any atom is -0.373 e. The Hall–Kier alpha value is -2.08. The molecular formula is C20H28N4O2. The molecule has 2 amide bonds. The van der Waals surface area contributed by atoms with Crippen LogP contribution in [0.2, 0.25) is 0 Å². The molecule has 3 heterocycles. The average molecular weight is 356 g/mol. The Bertz CT molecular complexity index is 733. The molecule has 2 aliphatic heterocycles. The molecule has 140 valence electrons. The summed E-state index contributed by atoms with van der Waals surface area (Å²) in [5, 5.41) is 3.09. The van der Waals surface area contributed by atoms with E-state index in [1.165, 1.54) is 6.42 Å². The highest BCUT2D eigenvalue weighted by molar-refractivity contribution is 5.75. The number of hydrogen-bond donors (Lipinski definition) is 2. The minimum absolute atomic E-state index is 0.0150. The van der Waals surface area contributed by atoms with Crippen LogP contribution in [0.1, 0.15) is 50.8 Å². The van der Waals surface area contributed by atoms with Crippen molar-refractivity contribution < 1.29 is 9.53 Å². The van der Waals surface area contributed by atoms with Crippen LogP contribution in [0.5, 0.6) is 0 Å². The number of ether oxygens (including phenoxy) is 1. The zero-order chi connectivity index (χ0) is 18.0. The highest BCUT2D eigenvalue weighted by atomic mass is 16.5. The zero-order valence-electron chi connectivity index (χ0n) is 15.5. The van der Waals surface area contributed by atoms with Gasteiger partial charge < -0.3 is 19.9 Å². The van der Waals surface area contributed by atoms with E-state index in [4.69, 9.17) is 9.72 Å². The van der Waals surface area contributed by atoms with Crippen molar-refractivity contribution in [1.29, 1.82) is 0 Å². The van der Waals surface area contributed by atoms with Crippen LogP contribution in [0.15, 0.2) is 24.3 Å². The van der Waals surface area contributed by atoms with Crippen molar-refractivity contribution in [3.05, 3.63) is 30.1 Å². The van der Waals surface area contributed by atoms with Gasteiger partial charge in [0.25, 0.3) is 0 Å². The van der Waals surface area contributed by atoms with Crippen molar-refractivity contribution in [2.75, 3.05) is 26.2 Å². The van der Waals surface area contributed by atoms with Gasteiger partial charge in [0, 0.05) is 32.2 Å². The quantitative estimate of drug-likeness (QED) is 0.885. The number of piperidine rings is 1. The molecule has 2 aromatic rings. The topological polar surface area (TPSA) is 70.2 Å². The third-order valence-electron chi connectivity index (χ3n) is 5.67. The lowest BCUT2D eigenvalue weighted by molar-refractivity contribution is -0.0619. The first-order valence-electron chi connectivity index (χ1n) is 9.74. The van der Waals surface area contributed by atoms with Crippen molar-refractivity contribution in [3.63, 3.8) is 0 Å². The van der Waals surface area contributed by atoms with E-state index in [0.717, 1.165) is 55.7 Å². The van der Waals surface area contributed by atoms with E-state index in [1.807, 2.05) is 29.2 Å². The number of imidazole rings is 1. The molecule has 2 unspecified atom stereocenters. The number of amides is 2. The summed E-state index contributed by atoms with van der Waals surface area (Å²) in [7, 11) is 0. The summed E-state index contributed by atoms with van der Waals surface area (Å²) in [5.41, 5.74) is 1.83. The molecule has 1 aromatic carbocycles. The normalized spacial score (nSPS) is 26.8. The second-order valence-corrected chi connectivity index (χ2v) is 7.84. The first-order valence-corrected chi connectivity index (χ1v) is 9.74. The third-order valence-corrected chi connectivity index (χ3v) is 5.67. The number of aromatic amines is 1. The number of para-hydroxylation sites is 2. The molecule has 0 aliphatic carbocycles. The molecule has 2 fully saturated rings. The molecule has 26 heavy (non-hydrogen) atoms. The predicted octanol–water partition coefficient (Wildman–Crippen LogP) is 3.41. The first-order chi connectivity index (χ1) is 12.6. The van der Waals surface area contributed by atoms with Crippen LogP contribution >= 0.6 is 0 Å². The first kappa shape index (κ1) is 17.3. The Morgan fingerprint density at radius 1 is 1.38 bits per heavy atom. The van der Waals surface area contributed by atoms with Crippen molar-refractivity contribution in [2.24, 2.45) is 0 Å². The molecule has 0 spiro atoms. The minimum atomic E-state index is -0.220. The van der Waals surface area contributed by atoms with Gasteiger partial charge in [0.1, 0.15) is 5.82 Å². The molecule has 0 bridgehead atoms. The second-order valence-electron chi connectivity index (χ2n) is 7.84. The Morgan fingerprint density at radius 3 is 3.08 bits per heavy atom. The fraction of sp³-hybridized carbons (Fsp3) is 0.600. The fourth-order valence-electron chi connectivity index (χ4n) is 4.06. The average Bonchev–Trinajstić information content (AvgIpc) is 3.11. The van der Waals surface area contributed by atoms with E-state index >= 15 is 0 Å². The van der Waals surface area contributed by atoms with E-state index in [-0.39, 0.29) is 17.6 Å². The van der Waals surface area contributed by atoms with Crippen LogP contribution in [0.25, 0.3) is 11.0 Å². The van der Waals surface area contributed by atoms with E-state index in [1.54, 1.807) is 0 Å². The number of urea groups is 1. The Morgan fingerprint density at radius 2 is 2.27 bits per heavy atom. The number of nitrogens with one attached hydrogen (secondary N) is 2. The van der Waals surface area contributed by atoms with E-state index in [0.29, 0.717) is 13.1 Å². The summed E-state index contributed by atoms with van der Waals surface area (Å²) in [6, 6.07) is 8.10. The van der Waals surface area contributed by atoms with Gasteiger partial charge in [-0.3, -0.25) is 0 Å². The molecule has 4 rings (SSSR count). The summed E-state index contributed by atoms with van der Waals surface area (Å²) >= 11 is 0. The van der Waals surface area contributed by atoms with Gasteiger partial charge in [0.05, 0.1) is 16.6 Å². The number of benzene rings is 1. The summed E-state index contributed by atoms with van der Waals surface area (Å²) < 4.78 is 5.88. The smallest absolute Gasteiger partial charge is 0.317 e. The molecule has 0 radical (unpaired) electrons. The van der Waals surface area contributed by atoms with Crippen molar-refractivity contribution >= 4 is 17.1 Å². The van der Waals surface area contributed by atoms with E-state index in [9.17, 15) is 4.79 Å². The number of hydrogen-bond acceptors (Lipinski definition) is 3. The van der Waals surface area contributed by atoms with E-state index in [2.05, 4.69) is 17.2 Å². The van der Waals surface area contributed by atoms with Crippen LogP contribution in [0.4, 0.5) is 4.79 Å². The van der Waals surface area contributed by atoms with Crippen LogP contribution in [-0.4, -0.2) is 52.7 Å². The molecule has 1 aromatic heterocycles. The predicted molar refractivity (Wildman–Crippen MR) is 101 cm³/mol. The van der Waals surface area contributed by atoms with Gasteiger partial charge in [0.2, 0.25) is 0 Å². The number of nitrogens with zero attached hydrogens (tertiary/aromatic N) is 2. The molecule has 2 saturated heterocycles. The maximum atomic E-state index is 12.7. The molecule has 6 heteroatoms. The molecule has 2 atom stereocenters. The number of likely N-dealkylation sites (tertiary alicyclic amines) is 1. The summed E-state index contributed by atoms with van der Waals surface area (Å²) in [4.78, 5) is 22.7. The molecule has 2 N–H and O–H groups in total. The third kappa shape index (κ3) is 3.70. The van der Waals surface area contributed by atoms with Crippen LogP contribution in [0, 0.1) is 0 Å². The van der Waals surface area contributed by atoms with Gasteiger partial charge in [-0.25, -0.2) is 9.78 Å². The van der Waals surface area contributed by atoms with Crippen molar-refractivity contribution in [1.82, 2.24) is 20.2 Å². The SMILES string of the molecule is CC1(CNC(=O)N2CCCC(c3nc4ccccc4[nH]3)C2)CCCCO1. The molecular weight excluding hydrogens is 328 g/mol. The number of carbonyl (C=O) groups excluding carboxylic acids is 1. The Kier molecular flexibility index (Phi) is 4.85. The lowest BCUT2D eigenvalue weighted by atomic mass is 9.96. The zero-order valence-corrected chi connectivity index (χ0v) is 15.5. The van der Waals surface area contributed by atoms with Crippen LogP contribution < -0.4 is 5.32 Å². The maximum absolute atomic E-state index is 12.7. The number of carbonyl (C=O) groups is 1. The van der Waals surface area contributed by atoms with Crippen LogP contribution in [0.3, 0.4) is 0 Å². The highest BCUT2D eigenvalue weighted by Crippen LogP contribution is 2.27. The van der Waals surface area contributed by atoms with Gasteiger partial charge in [-0.15, -0.1) is 0 Å². The van der Waals surface area contributed by atoms with Crippen molar-refractivity contribution in [3.8, 4) is 0 Å². The van der Waals surface area contributed by atoms with Gasteiger partial charge in [-0.05, 0) is 51.2 Å². The van der Waals surface area contributed by atoms with Crippen LogP contribution in [-0.2, 0) is 4.74 Å². The molecule has 2 aliphatic rings. The Balaban J connectivity index is 1.37. The fourth-order valence-corrected chi connectivity index (χ4v) is 4.06. The number of rotatable bonds is 3. The molecule has 0 saturated carbocycles. The lowest BCUT2D eigenvalue weighted by Crippen LogP contribution is -2.50. The van der Waals surface area contributed by atoms with Gasteiger partial charge >= 0.3 is 6.03 Å². The van der Waals surface area contributed by atoms with Gasteiger partial charge in [0.15, 0.2) is 0 Å². The van der Waals surface area contributed by atoms with Crippen molar-refractivity contribution in [2.45, 2.75) is 50.5 Å². The van der Waals surface area contributed by atoms with Gasteiger partial charge in [-0.2, -0.15) is 0 Å². The maximum Gasteiger partial charge on any atom is 0.317 e. The Labute approximate surface area is 154 Å². The number of H-pyrrole nitrogens is 1. The number of fused-ring (bicyclic) bond motifs is 1. The summed E-state index contributed by atoms with van der Waals surface area (Å²) in [6.07, 6.45) is 5.36. The monoisotopic (exact) mass is 356 g/mol. The summed E-state index contributed by atoms with van der Waals surface area (Å²) in [5.74, 6) is 1.26. The molecule has 6 nitrogen and oxygen atoms in total. The second kappa shape index (κ2) is 7.27. The summed E-state index contributed by atoms with van der Waals surface area (Å²) in [6.45, 7) is 4.99. The standard InChI is InChI=1S/C20H28N4O2/c1-20(10-4-5-12-26-20)14-21-19(25)24-11-6-7-15(13-24)18-22-16-8-2-3-9-17(16)23-18/h2-3,8-9,15H,4-7,10-14H2,1H3,(H,21,25)(H,22,23). The number of aromatic nitrogens is 2. The largest absolute Gasteiger partial charge is 0.373 e. The van der Waals surface area contributed by atoms with Gasteiger partial charge in [-0.1, -0.05) is 12.1 Å².